The summed E-state index contributed by atoms with van der Waals surface area (Å²) in [6.07, 6.45) is 1.30. The van der Waals surface area contributed by atoms with Crippen LogP contribution in [0.4, 0.5) is 0 Å². The van der Waals surface area contributed by atoms with Gasteiger partial charge in [-0.15, -0.1) is 0 Å². The van der Waals surface area contributed by atoms with Crippen LogP contribution < -0.4 is 5.32 Å². The van der Waals surface area contributed by atoms with Crippen molar-refractivity contribution in [3.8, 4) is 0 Å². The van der Waals surface area contributed by atoms with E-state index in [-0.39, 0.29) is 11.4 Å². The average Bonchev–Trinajstić information content (AvgIpc) is 2.27. The lowest BCUT2D eigenvalue weighted by Crippen LogP contribution is -2.55. The Labute approximate surface area is 91.3 Å². The normalized spacial score (nSPS) is 18.5. The van der Waals surface area contributed by atoms with Crippen LogP contribution in [0.25, 0.3) is 0 Å². The van der Waals surface area contributed by atoms with Gasteiger partial charge in [-0.25, -0.2) is 0 Å². The molecule has 4 nitrogen and oxygen atoms in total. The molecule has 1 aliphatic heterocycles. The highest BCUT2D eigenvalue weighted by molar-refractivity contribution is 5.86. The molecule has 0 aromatic carbocycles. The molecule has 0 bridgehead atoms. The molecule has 0 unspecified atom stereocenters. The monoisotopic (exact) mass is 212 g/mol. The van der Waals surface area contributed by atoms with Crippen LogP contribution in [0.3, 0.4) is 0 Å². The molecule has 1 rings (SSSR count). The third-order valence-corrected chi connectivity index (χ3v) is 2.75. The molecule has 1 N–H and O–H groups in total. The molecular formula is C11H20N2O2. The highest BCUT2D eigenvalue weighted by Crippen LogP contribution is 2.14. The lowest BCUT2D eigenvalue weighted by Gasteiger charge is -2.40. The van der Waals surface area contributed by atoms with Crippen molar-refractivity contribution in [1.82, 2.24) is 10.2 Å². The van der Waals surface area contributed by atoms with Gasteiger partial charge in [-0.3, -0.25) is 9.69 Å². The first kappa shape index (κ1) is 12.2. The third kappa shape index (κ3) is 3.64. The standard InChI is InChI=1S/C11H20N2O2/c1-4-10(14)12-9-11(2,3)13-5-7-15-8-6-13/h4H,1,5-9H2,2-3H3,(H,12,14). The molecule has 1 saturated heterocycles. The van der Waals surface area contributed by atoms with Crippen molar-refractivity contribution in [2.45, 2.75) is 19.4 Å². The van der Waals surface area contributed by atoms with E-state index in [1.165, 1.54) is 6.08 Å². The summed E-state index contributed by atoms with van der Waals surface area (Å²) in [6, 6.07) is 0. The quantitative estimate of drug-likeness (QED) is 0.686. The maximum atomic E-state index is 11.1. The number of rotatable bonds is 4. The Morgan fingerprint density at radius 3 is 2.67 bits per heavy atom. The number of morpholine rings is 1. The largest absolute Gasteiger partial charge is 0.379 e. The molecule has 1 amide bonds. The number of nitrogens with zero attached hydrogens (tertiary/aromatic N) is 1. The topological polar surface area (TPSA) is 41.6 Å². The van der Waals surface area contributed by atoms with Crippen molar-refractivity contribution in [2.75, 3.05) is 32.8 Å². The number of nitrogens with one attached hydrogen (secondary N) is 1. The summed E-state index contributed by atoms with van der Waals surface area (Å²) in [4.78, 5) is 13.4. The van der Waals surface area contributed by atoms with Crippen LogP contribution in [-0.4, -0.2) is 49.2 Å². The summed E-state index contributed by atoms with van der Waals surface area (Å²) in [5.74, 6) is -0.115. The van der Waals surface area contributed by atoms with E-state index >= 15 is 0 Å². The number of ether oxygens (including phenoxy) is 1. The smallest absolute Gasteiger partial charge is 0.243 e. The van der Waals surface area contributed by atoms with Crippen LogP contribution >= 0.6 is 0 Å². The zero-order chi connectivity index (χ0) is 11.3. The van der Waals surface area contributed by atoms with E-state index in [0.29, 0.717) is 6.54 Å². The highest BCUT2D eigenvalue weighted by Gasteiger charge is 2.28. The van der Waals surface area contributed by atoms with Gasteiger partial charge in [0.2, 0.25) is 5.91 Å². The molecule has 0 saturated carbocycles. The lowest BCUT2D eigenvalue weighted by molar-refractivity contribution is -0.117. The number of carbonyl (C=O) groups is 1. The van der Waals surface area contributed by atoms with Crippen LogP contribution in [0.5, 0.6) is 0 Å². The fourth-order valence-corrected chi connectivity index (χ4v) is 1.66. The zero-order valence-corrected chi connectivity index (χ0v) is 9.58. The molecular weight excluding hydrogens is 192 g/mol. The van der Waals surface area contributed by atoms with Crippen LogP contribution in [0, 0.1) is 0 Å². The Morgan fingerprint density at radius 2 is 2.13 bits per heavy atom. The Balaban J connectivity index is 2.41. The minimum Gasteiger partial charge on any atom is -0.379 e. The summed E-state index contributed by atoms with van der Waals surface area (Å²) in [6.45, 7) is 11.7. The number of hydrogen-bond acceptors (Lipinski definition) is 3. The van der Waals surface area contributed by atoms with Crippen molar-refractivity contribution in [3.63, 3.8) is 0 Å². The van der Waals surface area contributed by atoms with E-state index < -0.39 is 0 Å². The maximum absolute atomic E-state index is 11.1. The van der Waals surface area contributed by atoms with E-state index in [1.54, 1.807) is 0 Å². The van der Waals surface area contributed by atoms with Crippen LogP contribution in [0.1, 0.15) is 13.8 Å². The van der Waals surface area contributed by atoms with Gasteiger partial charge in [-0.2, -0.15) is 0 Å². The van der Waals surface area contributed by atoms with Crippen LogP contribution in [-0.2, 0) is 9.53 Å². The van der Waals surface area contributed by atoms with Gasteiger partial charge in [0.1, 0.15) is 0 Å². The molecule has 0 radical (unpaired) electrons. The summed E-state index contributed by atoms with van der Waals surface area (Å²) in [7, 11) is 0. The SMILES string of the molecule is C=CC(=O)NCC(C)(C)N1CCOCC1. The summed E-state index contributed by atoms with van der Waals surface area (Å²) in [5, 5.41) is 2.83. The first-order valence-electron chi connectivity index (χ1n) is 5.29. The van der Waals surface area contributed by atoms with Gasteiger partial charge < -0.3 is 10.1 Å². The predicted molar refractivity (Wildman–Crippen MR) is 59.7 cm³/mol. The molecule has 1 aliphatic rings. The molecule has 86 valence electrons. The number of hydrogen-bond donors (Lipinski definition) is 1. The van der Waals surface area contributed by atoms with Gasteiger partial charge in [0, 0.05) is 25.2 Å². The van der Waals surface area contributed by atoms with Crippen molar-refractivity contribution < 1.29 is 9.53 Å². The molecule has 4 heteroatoms. The molecule has 0 aromatic heterocycles. The minimum absolute atomic E-state index is 0.0253. The van der Waals surface area contributed by atoms with Gasteiger partial charge in [0.05, 0.1) is 13.2 Å². The first-order chi connectivity index (χ1) is 7.06. The van der Waals surface area contributed by atoms with Gasteiger partial charge in [-0.05, 0) is 19.9 Å². The van der Waals surface area contributed by atoms with Crippen molar-refractivity contribution in [1.29, 1.82) is 0 Å². The number of amides is 1. The average molecular weight is 212 g/mol. The second kappa shape index (κ2) is 5.28. The summed E-state index contributed by atoms with van der Waals surface area (Å²) < 4.78 is 5.30. The molecule has 1 heterocycles. The molecule has 0 spiro atoms. The van der Waals surface area contributed by atoms with E-state index in [2.05, 4.69) is 30.6 Å². The second-order valence-corrected chi connectivity index (χ2v) is 4.33. The van der Waals surface area contributed by atoms with Gasteiger partial charge in [-0.1, -0.05) is 6.58 Å². The summed E-state index contributed by atoms with van der Waals surface area (Å²) in [5.41, 5.74) is -0.0253. The number of carbonyl (C=O) groups excluding carboxylic acids is 1. The maximum Gasteiger partial charge on any atom is 0.243 e. The summed E-state index contributed by atoms with van der Waals surface area (Å²) >= 11 is 0. The Kier molecular flexibility index (Phi) is 4.29. The van der Waals surface area contributed by atoms with E-state index in [9.17, 15) is 4.79 Å². The first-order valence-corrected chi connectivity index (χ1v) is 5.29. The molecule has 1 fully saturated rings. The van der Waals surface area contributed by atoms with Gasteiger partial charge >= 0.3 is 0 Å². The minimum atomic E-state index is -0.115. The molecule has 0 aromatic rings. The van der Waals surface area contributed by atoms with Gasteiger partial charge in [0.15, 0.2) is 0 Å². The fraction of sp³-hybridized carbons (Fsp3) is 0.727. The molecule has 0 aliphatic carbocycles. The third-order valence-electron chi connectivity index (χ3n) is 2.75. The lowest BCUT2D eigenvalue weighted by atomic mass is 10.0. The van der Waals surface area contributed by atoms with Crippen molar-refractivity contribution in [2.24, 2.45) is 0 Å². The van der Waals surface area contributed by atoms with E-state index in [4.69, 9.17) is 4.74 Å². The Morgan fingerprint density at radius 1 is 1.53 bits per heavy atom. The van der Waals surface area contributed by atoms with Crippen LogP contribution in [0.2, 0.25) is 0 Å². The zero-order valence-electron chi connectivity index (χ0n) is 9.58. The predicted octanol–water partition coefficient (Wildman–Crippen LogP) is 0.399. The fourth-order valence-electron chi connectivity index (χ4n) is 1.66. The van der Waals surface area contributed by atoms with Crippen molar-refractivity contribution >= 4 is 5.91 Å². The Bertz CT molecular complexity index is 233. The van der Waals surface area contributed by atoms with E-state index in [0.717, 1.165) is 26.3 Å². The highest BCUT2D eigenvalue weighted by atomic mass is 16.5. The molecule has 15 heavy (non-hydrogen) atoms. The Hall–Kier alpha value is -0.870. The van der Waals surface area contributed by atoms with Crippen LogP contribution in [0.15, 0.2) is 12.7 Å². The molecule has 0 atom stereocenters. The van der Waals surface area contributed by atoms with Crippen molar-refractivity contribution in [3.05, 3.63) is 12.7 Å². The second-order valence-electron chi connectivity index (χ2n) is 4.33. The van der Waals surface area contributed by atoms with Gasteiger partial charge in [0.25, 0.3) is 0 Å². The van der Waals surface area contributed by atoms with E-state index in [1.807, 2.05) is 0 Å².